The van der Waals surface area contributed by atoms with Crippen LogP contribution < -0.4 is 5.73 Å². The summed E-state index contributed by atoms with van der Waals surface area (Å²) in [6.07, 6.45) is 3.59. The summed E-state index contributed by atoms with van der Waals surface area (Å²) in [6.45, 7) is 2.06. The second-order valence-corrected chi connectivity index (χ2v) is 3.31. The summed E-state index contributed by atoms with van der Waals surface area (Å²) in [7, 11) is 0. The fourth-order valence-electron chi connectivity index (χ4n) is 1.54. The highest BCUT2D eigenvalue weighted by atomic mass is 14.6. The first-order valence-corrected chi connectivity index (χ1v) is 4.54. The molecule has 0 saturated heterocycles. The monoisotopic (exact) mass is 184 g/mol. The van der Waals surface area contributed by atoms with E-state index in [0.29, 0.717) is 0 Å². The first-order chi connectivity index (χ1) is 6.77. The number of pyridine rings is 1. The third-order valence-corrected chi connectivity index (χ3v) is 2.24. The number of aromatic nitrogens is 1. The molecule has 0 spiro atoms. The molecule has 0 bridgehead atoms. The highest BCUT2D eigenvalue weighted by Gasteiger charge is 2.00. The standard InChI is InChI=1S/C12H12N2/c1-9-8-11(13)2-3-12(9)10-4-6-14-7-5-10/h2-8H,13H2,1H3. The van der Waals surface area contributed by atoms with Crippen molar-refractivity contribution in [1.29, 1.82) is 0 Å². The van der Waals surface area contributed by atoms with Crippen molar-refractivity contribution in [1.82, 2.24) is 4.98 Å². The van der Waals surface area contributed by atoms with E-state index in [1.165, 1.54) is 16.7 Å². The van der Waals surface area contributed by atoms with Crippen molar-refractivity contribution in [2.45, 2.75) is 6.92 Å². The van der Waals surface area contributed by atoms with Gasteiger partial charge in [-0.2, -0.15) is 0 Å². The number of hydrogen-bond acceptors (Lipinski definition) is 2. The third-order valence-electron chi connectivity index (χ3n) is 2.24. The van der Waals surface area contributed by atoms with Crippen LogP contribution in [0, 0.1) is 6.92 Å². The molecule has 0 radical (unpaired) electrons. The highest BCUT2D eigenvalue weighted by Crippen LogP contribution is 2.23. The van der Waals surface area contributed by atoms with E-state index < -0.39 is 0 Å². The molecule has 2 nitrogen and oxygen atoms in total. The van der Waals surface area contributed by atoms with Crippen molar-refractivity contribution in [3.05, 3.63) is 48.3 Å². The maximum atomic E-state index is 5.69. The molecule has 0 aliphatic heterocycles. The molecule has 0 saturated carbocycles. The average molecular weight is 184 g/mol. The van der Waals surface area contributed by atoms with Crippen molar-refractivity contribution in [3.63, 3.8) is 0 Å². The molecule has 0 atom stereocenters. The molecule has 14 heavy (non-hydrogen) atoms. The van der Waals surface area contributed by atoms with Gasteiger partial charge in [-0.25, -0.2) is 0 Å². The fourth-order valence-corrected chi connectivity index (χ4v) is 1.54. The number of rotatable bonds is 1. The molecule has 0 amide bonds. The molecule has 2 aromatic rings. The summed E-state index contributed by atoms with van der Waals surface area (Å²) in [5.74, 6) is 0. The van der Waals surface area contributed by atoms with Crippen LogP contribution in [-0.4, -0.2) is 4.98 Å². The lowest BCUT2D eigenvalue weighted by atomic mass is 10.0. The summed E-state index contributed by atoms with van der Waals surface area (Å²) in [5.41, 5.74) is 10.1. The molecule has 0 aliphatic rings. The van der Waals surface area contributed by atoms with Crippen LogP contribution in [0.5, 0.6) is 0 Å². The minimum absolute atomic E-state index is 0.806. The van der Waals surface area contributed by atoms with Gasteiger partial charge in [0.05, 0.1) is 0 Å². The Kier molecular flexibility index (Phi) is 2.19. The van der Waals surface area contributed by atoms with Crippen LogP contribution in [0.2, 0.25) is 0 Å². The lowest BCUT2D eigenvalue weighted by molar-refractivity contribution is 1.32. The average Bonchev–Trinajstić information content (AvgIpc) is 2.19. The van der Waals surface area contributed by atoms with Gasteiger partial charge in [-0.3, -0.25) is 4.98 Å². The van der Waals surface area contributed by atoms with Crippen LogP contribution in [0.1, 0.15) is 5.56 Å². The van der Waals surface area contributed by atoms with Gasteiger partial charge in [-0.1, -0.05) is 6.07 Å². The highest BCUT2D eigenvalue weighted by molar-refractivity contribution is 5.68. The molecule has 0 unspecified atom stereocenters. The Labute approximate surface area is 83.4 Å². The van der Waals surface area contributed by atoms with Crippen molar-refractivity contribution >= 4 is 5.69 Å². The first kappa shape index (κ1) is 8.75. The van der Waals surface area contributed by atoms with Crippen LogP contribution >= 0.6 is 0 Å². The molecule has 1 heterocycles. The van der Waals surface area contributed by atoms with Crippen LogP contribution in [0.15, 0.2) is 42.7 Å². The fraction of sp³-hybridized carbons (Fsp3) is 0.0833. The van der Waals surface area contributed by atoms with Gasteiger partial charge in [0.2, 0.25) is 0 Å². The SMILES string of the molecule is Cc1cc(N)ccc1-c1ccncc1. The lowest BCUT2D eigenvalue weighted by Crippen LogP contribution is -1.88. The molecule has 0 fully saturated rings. The second kappa shape index (κ2) is 3.50. The van der Waals surface area contributed by atoms with E-state index in [0.717, 1.165) is 5.69 Å². The van der Waals surface area contributed by atoms with Crippen molar-refractivity contribution in [2.24, 2.45) is 0 Å². The molecular weight excluding hydrogens is 172 g/mol. The summed E-state index contributed by atoms with van der Waals surface area (Å²) in [6, 6.07) is 9.94. The number of hydrogen-bond donors (Lipinski definition) is 1. The van der Waals surface area contributed by atoms with Crippen molar-refractivity contribution < 1.29 is 0 Å². The van der Waals surface area contributed by atoms with Crippen LogP contribution in [0.3, 0.4) is 0 Å². The normalized spacial score (nSPS) is 10.1. The van der Waals surface area contributed by atoms with Gasteiger partial charge < -0.3 is 5.73 Å². The summed E-state index contributed by atoms with van der Waals surface area (Å²) >= 11 is 0. The van der Waals surface area contributed by atoms with E-state index in [4.69, 9.17) is 5.73 Å². The number of nitrogens with zero attached hydrogens (tertiary/aromatic N) is 1. The minimum atomic E-state index is 0.806. The Balaban J connectivity index is 2.53. The molecule has 0 aliphatic carbocycles. The second-order valence-electron chi connectivity index (χ2n) is 3.31. The van der Waals surface area contributed by atoms with Gasteiger partial charge >= 0.3 is 0 Å². The van der Waals surface area contributed by atoms with Gasteiger partial charge in [0, 0.05) is 18.1 Å². The first-order valence-electron chi connectivity index (χ1n) is 4.54. The Morgan fingerprint density at radius 1 is 1.07 bits per heavy atom. The number of anilines is 1. The Bertz CT molecular complexity index is 435. The molecule has 1 aromatic heterocycles. The number of nitrogen functional groups attached to an aromatic ring is 1. The molecular formula is C12H12N2. The van der Waals surface area contributed by atoms with Gasteiger partial charge in [-0.05, 0) is 47.9 Å². The predicted molar refractivity (Wildman–Crippen MR) is 58.8 cm³/mol. The van der Waals surface area contributed by atoms with Gasteiger partial charge in [0.25, 0.3) is 0 Å². The molecule has 2 heteroatoms. The van der Waals surface area contributed by atoms with Gasteiger partial charge in [-0.15, -0.1) is 0 Å². The third kappa shape index (κ3) is 1.59. The van der Waals surface area contributed by atoms with Crippen molar-refractivity contribution in [2.75, 3.05) is 5.73 Å². The Hall–Kier alpha value is -1.83. The van der Waals surface area contributed by atoms with E-state index >= 15 is 0 Å². The van der Waals surface area contributed by atoms with Crippen LogP contribution in [0.4, 0.5) is 5.69 Å². The number of aryl methyl sites for hydroxylation is 1. The van der Waals surface area contributed by atoms with E-state index in [1.807, 2.05) is 30.3 Å². The quantitative estimate of drug-likeness (QED) is 0.692. The van der Waals surface area contributed by atoms with Gasteiger partial charge in [0.1, 0.15) is 0 Å². The zero-order valence-corrected chi connectivity index (χ0v) is 8.07. The Morgan fingerprint density at radius 3 is 2.43 bits per heavy atom. The summed E-state index contributed by atoms with van der Waals surface area (Å²) < 4.78 is 0. The van der Waals surface area contributed by atoms with E-state index in [2.05, 4.69) is 11.9 Å². The molecule has 1 aromatic carbocycles. The minimum Gasteiger partial charge on any atom is -0.399 e. The zero-order chi connectivity index (χ0) is 9.97. The molecule has 2 N–H and O–H groups in total. The van der Waals surface area contributed by atoms with Crippen LogP contribution in [-0.2, 0) is 0 Å². The maximum absolute atomic E-state index is 5.69. The van der Waals surface area contributed by atoms with Crippen LogP contribution in [0.25, 0.3) is 11.1 Å². The largest absolute Gasteiger partial charge is 0.399 e. The van der Waals surface area contributed by atoms with E-state index in [-0.39, 0.29) is 0 Å². The van der Waals surface area contributed by atoms with Crippen molar-refractivity contribution in [3.8, 4) is 11.1 Å². The van der Waals surface area contributed by atoms with E-state index in [9.17, 15) is 0 Å². The smallest absolute Gasteiger partial charge is 0.0317 e. The molecule has 2 rings (SSSR count). The summed E-state index contributed by atoms with van der Waals surface area (Å²) in [5, 5.41) is 0. The molecule has 70 valence electrons. The number of nitrogens with two attached hydrogens (primary N) is 1. The van der Waals surface area contributed by atoms with E-state index in [1.54, 1.807) is 12.4 Å². The summed E-state index contributed by atoms with van der Waals surface area (Å²) in [4.78, 5) is 3.99. The number of benzene rings is 1. The topological polar surface area (TPSA) is 38.9 Å². The van der Waals surface area contributed by atoms with Gasteiger partial charge in [0.15, 0.2) is 0 Å². The maximum Gasteiger partial charge on any atom is 0.0317 e. The Morgan fingerprint density at radius 2 is 1.79 bits per heavy atom. The zero-order valence-electron chi connectivity index (χ0n) is 8.07. The lowest BCUT2D eigenvalue weighted by Gasteiger charge is -2.06. The predicted octanol–water partition coefficient (Wildman–Crippen LogP) is 2.64.